The molecule has 0 fully saturated rings. The molecule has 16 heavy (non-hydrogen) atoms. The number of nitrogens with zero attached hydrogens (tertiary/aromatic N) is 5. The molecule has 0 atom stereocenters. The van der Waals surface area contributed by atoms with Gasteiger partial charge in [-0.05, 0) is 12.1 Å². The van der Waals surface area contributed by atoms with Crippen LogP contribution in [0.5, 0.6) is 0 Å². The van der Waals surface area contributed by atoms with Crippen molar-refractivity contribution in [2.45, 2.75) is 6.67 Å². The van der Waals surface area contributed by atoms with Gasteiger partial charge in [0.1, 0.15) is 19.3 Å². The summed E-state index contributed by atoms with van der Waals surface area (Å²) in [7, 11) is 0. The molecule has 1 aromatic carbocycles. The van der Waals surface area contributed by atoms with E-state index in [0.717, 1.165) is 11.0 Å². The Labute approximate surface area is 91.5 Å². The van der Waals surface area contributed by atoms with Crippen LogP contribution in [0.3, 0.4) is 0 Å². The summed E-state index contributed by atoms with van der Waals surface area (Å²) in [6.45, 7) is 0.624. The summed E-state index contributed by atoms with van der Waals surface area (Å²) in [6.07, 6.45) is 5.03. The summed E-state index contributed by atoms with van der Waals surface area (Å²) >= 11 is 0. The number of hydrogen-bond donors (Lipinski definition) is 1. The molecule has 0 spiro atoms. The summed E-state index contributed by atoms with van der Waals surface area (Å²) < 4.78 is 3.73. The van der Waals surface area contributed by atoms with E-state index in [4.69, 9.17) is 0 Å². The van der Waals surface area contributed by atoms with E-state index in [-0.39, 0.29) is 0 Å². The maximum Gasteiger partial charge on any atom is 0.138 e. The first-order chi connectivity index (χ1) is 7.93. The van der Waals surface area contributed by atoms with Crippen LogP contribution < -0.4 is 5.43 Å². The van der Waals surface area contributed by atoms with Crippen molar-refractivity contribution in [1.82, 2.24) is 24.4 Å². The lowest BCUT2D eigenvalue weighted by Gasteiger charge is -2.07. The van der Waals surface area contributed by atoms with Crippen molar-refractivity contribution in [3.05, 3.63) is 43.2 Å². The van der Waals surface area contributed by atoms with Crippen molar-refractivity contribution in [3.8, 4) is 0 Å². The summed E-state index contributed by atoms with van der Waals surface area (Å²) in [5, 5.41) is 7.42. The van der Waals surface area contributed by atoms with Gasteiger partial charge in [-0.2, -0.15) is 0 Å². The largest absolute Gasteiger partial charge is 0.311 e. The fraction of sp³-hybridized carbons (Fsp3) is 0.100. The molecule has 6 heteroatoms. The molecule has 0 aliphatic carbocycles. The third-order valence-corrected chi connectivity index (χ3v) is 2.37. The van der Waals surface area contributed by atoms with Gasteiger partial charge >= 0.3 is 0 Å². The van der Waals surface area contributed by atoms with Crippen LogP contribution >= 0.6 is 0 Å². The summed E-state index contributed by atoms with van der Waals surface area (Å²) in [5.41, 5.74) is 5.23. The molecule has 3 rings (SSSR count). The molecule has 6 nitrogen and oxygen atoms in total. The summed E-state index contributed by atoms with van der Waals surface area (Å²) in [5.74, 6) is 0. The zero-order chi connectivity index (χ0) is 10.8. The first-order valence-corrected chi connectivity index (χ1v) is 4.92. The maximum atomic E-state index is 4.30. The van der Waals surface area contributed by atoms with E-state index >= 15 is 0 Å². The van der Waals surface area contributed by atoms with Crippen molar-refractivity contribution in [3.63, 3.8) is 0 Å². The Balaban J connectivity index is 1.84. The molecule has 0 unspecified atom stereocenters. The Morgan fingerprint density at radius 2 is 1.88 bits per heavy atom. The molecular weight excluding hydrogens is 204 g/mol. The van der Waals surface area contributed by atoms with E-state index in [1.165, 1.54) is 0 Å². The highest BCUT2D eigenvalue weighted by Crippen LogP contribution is 2.10. The van der Waals surface area contributed by atoms with E-state index in [1.807, 2.05) is 35.2 Å². The van der Waals surface area contributed by atoms with E-state index in [1.54, 1.807) is 17.3 Å². The van der Waals surface area contributed by atoms with E-state index in [2.05, 4.69) is 20.6 Å². The smallest absolute Gasteiger partial charge is 0.138 e. The minimum absolute atomic E-state index is 0.624. The maximum absolute atomic E-state index is 4.30. The predicted octanol–water partition coefficient (Wildman–Crippen LogP) is 0.829. The van der Waals surface area contributed by atoms with Crippen molar-refractivity contribution in [2.75, 3.05) is 5.43 Å². The lowest BCUT2D eigenvalue weighted by atomic mass is 10.3. The van der Waals surface area contributed by atoms with Gasteiger partial charge in [-0.3, -0.25) is 0 Å². The van der Waals surface area contributed by atoms with Gasteiger partial charge in [0.2, 0.25) is 0 Å². The van der Waals surface area contributed by atoms with Crippen LogP contribution in [-0.2, 0) is 6.67 Å². The highest BCUT2D eigenvalue weighted by Gasteiger charge is 1.99. The monoisotopic (exact) mass is 214 g/mol. The Bertz CT molecular complexity index is 582. The Morgan fingerprint density at radius 3 is 2.75 bits per heavy atom. The van der Waals surface area contributed by atoms with Gasteiger partial charge in [-0.25, -0.2) is 9.66 Å². The molecule has 80 valence electrons. The third kappa shape index (κ3) is 1.50. The van der Waals surface area contributed by atoms with Crippen molar-refractivity contribution in [2.24, 2.45) is 0 Å². The van der Waals surface area contributed by atoms with Crippen LogP contribution in [0.25, 0.3) is 11.0 Å². The third-order valence-electron chi connectivity index (χ3n) is 2.37. The van der Waals surface area contributed by atoms with E-state index < -0.39 is 0 Å². The zero-order valence-corrected chi connectivity index (χ0v) is 8.48. The van der Waals surface area contributed by atoms with Gasteiger partial charge in [0.05, 0.1) is 17.4 Å². The molecule has 2 heterocycles. The van der Waals surface area contributed by atoms with Crippen molar-refractivity contribution >= 4 is 11.0 Å². The SMILES string of the molecule is c1ccc2c(c1)ncn2CNn1cnnc1. The molecule has 0 amide bonds. The molecule has 1 N–H and O–H groups in total. The number of benzene rings is 1. The second-order valence-corrected chi connectivity index (χ2v) is 3.39. The molecule has 0 saturated heterocycles. The van der Waals surface area contributed by atoms with Gasteiger partial charge < -0.3 is 9.99 Å². The quantitative estimate of drug-likeness (QED) is 0.701. The molecule has 3 aromatic rings. The van der Waals surface area contributed by atoms with Crippen LogP contribution in [-0.4, -0.2) is 24.4 Å². The zero-order valence-electron chi connectivity index (χ0n) is 8.48. The average molecular weight is 214 g/mol. The van der Waals surface area contributed by atoms with Crippen molar-refractivity contribution < 1.29 is 0 Å². The molecule has 0 aliphatic rings. The fourth-order valence-corrected chi connectivity index (χ4v) is 1.58. The number of para-hydroxylation sites is 2. The van der Waals surface area contributed by atoms with E-state index in [9.17, 15) is 0 Å². The first-order valence-electron chi connectivity index (χ1n) is 4.92. The number of fused-ring (bicyclic) bond motifs is 1. The molecule has 0 saturated carbocycles. The average Bonchev–Trinajstić information content (AvgIpc) is 2.96. The molecule has 0 bridgehead atoms. The minimum Gasteiger partial charge on any atom is -0.311 e. The second-order valence-electron chi connectivity index (χ2n) is 3.39. The number of hydrogen-bond acceptors (Lipinski definition) is 4. The Morgan fingerprint density at radius 1 is 1.06 bits per heavy atom. The highest BCUT2D eigenvalue weighted by atomic mass is 15.5. The highest BCUT2D eigenvalue weighted by molar-refractivity contribution is 5.74. The molecule has 0 aliphatic heterocycles. The van der Waals surface area contributed by atoms with Crippen LogP contribution in [0.1, 0.15) is 0 Å². The van der Waals surface area contributed by atoms with Gasteiger partial charge in [0.25, 0.3) is 0 Å². The molecule has 2 aromatic heterocycles. The number of nitrogens with one attached hydrogen (secondary N) is 1. The number of imidazole rings is 1. The lowest BCUT2D eigenvalue weighted by Crippen LogP contribution is -2.16. The van der Waals surface area contributed by atoms with Crippen LogP contribution in [0.15, 0.2) is 43.2 Å². The number of aromatic nitrogens is 5. The summed E-state index contributed by atoms with van der Waals surface area (Å²) in [6, 6.07) is 8.01. The standard InChI is InChI=1S/C10H10N6/c1-2-4-10-9(3-1)11-5-15(10)8-14-16-6-12-13-7-16/h1-7,14H,8H2. The fourth-order valence-electron chi connectivity index (χ4n) is 1.58. The van der Waals surface area contributed by atoms with Crippen LogP contribution in [0.2, 0.25) is 0 Å². The van der Waals surface area contributed by atoms with Gasteiger partial charge in [0.15, 0.2) is 0 Å². The molecule has 0 radical (unpaired) electrons. The topological polar surface area (TPSA) is 60.6 Å². The molecular formula is C10H10N6. The number of rotatable bonds is 3. The van der Waals surface area contributed by atoms with Gasteiger partial charge in [0, 0.05) is 0 Å². The second kappa shape index (κ2) is 3.65. The minimum atomic E-state index is 0.624. The summed E-state index contributed by atoms with van der Waals surface area (Å²) in [4.78, 5) is 4.30. The van der Waals surface area contributed by atoms with Crippen LogP contribution in [0.4, 0.5) is 0 Å². The Hall–Kier alpha value is -2.37. The van der Waals surface area contributed by atoms with Crippen molar-refractivity contribution in [1.29, 1.82) is 0 Å². The van der Waals surface area contributed by atoms with Gasteiger partial charge in [-0.1, -0.05) is 12.1 Å². The van der Waals surface area contributed by atoms with Crippen LogP contribution in [0, 0.1) is 0 Å². The first kappa shape index (κ1) is 8.90. The van der Waals surface area contributed by atoms with Gasteiger partial charge in [-0.15, -0.1) is 10.2 Å². The lowest BCUT2D eigenvalue weighted by molar-refractivity contribution is 0.695. The predicted molar refractivity (Wildman–Crippen MR) is 59.1 cm³/mol. The van der Waals surface area contributed by atoms with E-state index in [0.29, 0.717) is 6.67 Å². The normalized spacial score (nSPS) is 10.8. The Kier molecular flexibility index (Phi) is 2.03.